The van der Waals surface area contributed by atoms with E-state index in [1.54, 1.807) is 12.0 Å². The minimum Gasteiger partial charge on any atom is -0.324 e. The van der Waals surface area contributed by atoms with Crippen LogP contribution in [0.3, 0.4) is 0 Å². The van der Waals surface area contributed by atoms with E-state index < -0.39 is 0 Å². The second-order valence-electron chi connectivity index (χ2n) is 7.41. The van der Waals surface area contributed by atoms with Gasteiger partial charge in [0.2, 0.25) is 0 Å². The third-order valence-corrected chi connectivity index (χ3v) is 6.07. The SMILES string of the molecule is CC(N)c1ccc(C2C3CC4CC(C3)CC2C4)cc1. The first kappa shape index (κ1) is 12.0. The smallest absolute Gasteiger partial charge is 0.0266 e. The maximum Gasteiger partial charge on any atom is 0.0266 e. The standard InChI is InChI=1S/C18H25N/c1-11(19)14-2-4-15(5-3-14)18-16-7-12-6-13(9-16)10-17(18)8-12/h2-5,11-13,16-18H,6-10,19H2,1H3. The Balaban J connectivity index is 1.62. The van der Waals surface area contributed by atoms with E-state index in [4.69, 9.17) is 5.73 Å². The zero-order chi connectivity index (χ0) is 13.0. The number of hydrogen-bond donors (Lipinski definition) is 1. The first-order chi connectivity index (χ1) is 9.20. The average Bonchev–Trinajstić information content (AvgIpc) is 2.38. The number of benzene rings is 1. The second-order valence-corrected chi connectivity index (χ2v) is 7.41. The van der Waals surface area contributed by atoms with Crippen LogP contribution in [0.1, 0.15) is 62.1 Å². The predicted octanol–water partition coefficient (Wildman–Crippen LogP) is 4.25. The molecule has 0 radical (unpaired) electrons. The van der Waals surface area contributed by atoms with E-state index in [2.05, 4.69) is 31.2 Å². The van der Waals surface area contributed by atoms with Crippen molar-refractivity contribution in [2.75, 3.05) is 0 Å². The zero-order valence-corrected chi connectivity index (χ0v) is 11.9. The lowest BCUT2D eigenvalue weighted by Gasteiger charge is -2.54. The molecule has 1 nitrogen and oxygen atoms in total. The average molecular weight is 255 g/mol. The molecule has 1 aromatic rings. The molecule has 4 bridgehead atoms. The van der Waals surface area contributed by atoms with Crippen molar-refractivity contribution in [3.63, 3.8) is 0 Å². The van der Waals surface area contributed by atoms with E-state index in [1.165, 1.54) is 31.2 Å². The molecule has 0 amide bonds. The van der Waals surface area contributed by atoms with Crippen molar-refractivity contribution >= 4 is 0 Å². The molecule has 0 aliphatic heterocycles. The molecule has 4 fully saturated rings. The summed E-state index contributed by atoms with van der Waals surface area (Å²) in [7, 11) is 0. The fraction of sp³-hybridized carbons (Fsp3) is 0.667. The lowest BCUT2D eigenvalue weighted by atomic mass is 9.51. The molecule has 4 saturated carbocycles. The van der Waals surface area contributed by atoms with Gasteiger partial charge < -0.3 is 5.73 Å². The maximum absolute atomic E-state index is 5.96. The van der Waals surface area contributed by atoms with Gasteiger partial charge in [0.05, 0.1) is 0 Å². The molecule has 1 aromatic carbocycles. The molecule has 0 heterocycles. The molecule has 1 atom stereocenters. The van der Waals surface area contributed by atoms with E-state index >= 15 is 0 Å². The molecule has 0 aromatic heterocycles. The van der Waals surface area contributed by atoms with Gasteiger partial charge in [-0.15, -0.1) is 0 Å². The molecule has 0 saturated heterocycles. The quantitative estimate of drug-likeness (QED) is 0.840. The highest BCUT2D eigenvalue weighted by Crippen LogP contribution is 2.59. The van der Waals surface area contributed by atoms with Crippen LogP contribution in [0.5, 0.6) is 0 Å². The van der Waals surface area contributed by atoms with Gasteiger partial charge in [-0.1, -0.05) is 24.3 Å². The molecule has 1 heteroatoms. The molecule has 19 heavy (non-hydrogen) atoms. The fourth-order valence-corrected chi connectivity index (χ4v) is 5.49. The van der Waals surface area contributed by atoms with Crippen LogP contribution >= 0.6 is 0 Å². The molecular weight excluding hydrogens is 230 g/mol. The van der Waals surface area contributed by atoms with Gasteiger partial charge in [-0.3, -0.25) is 0 Å². The largest absolute Gasteiger partial charge is 0.324 e. The third kappa shape index (κ3) is 1.94. The molecular formula is C18H25N. The summed E-state index contributed by atoms with van der Waals surface area (Å²) in [5.41, 5.74) is 8.82. The summed E-state index contributed by atoms with van der Waals surface area (Å²) in [4.78, 5) is 0. The van der Waals surface area contributed by atoms with Gasteiger partial charge in [0.15, 0.2) is 0 Å². The summed E-state index contributed by atoms with van der Waals surface area (Å²) in [5.74, 6) is 4.97. The Morgan fingerprint density at radius 1 is 0.895 bits per heavy atom. The molecule has 102 valence electrons. The van der Waals surface area contributed by atoms with Crippen LogP contribution < -0.4 is 5.73 Å². The molecule has 4 aliphatic rings. The van der Waals surface area contributed by atoms with Crippen LogP contribution in [-0.4, -0.2) is 0 Å². The molecule has 2 N–H and O–H groups in total. The Hall–Kier alpha value is -0.820. The van der Waals surface area contributed by atoms with E-state index in [0.717, 1.165) is 29.6 Å². The van der Waals surface area contributed by atoms with Crippen LogP contribution in [0.4, 0.5) is 0 Å². The van der Waals surface area contributed by atoms with E-state index in [-0.39, 0.29) is 6.04 Å². The van der Waals surface area contributed by atoms with Crippen LogP contribution in [0, 0.1) is 23.7 Å². The van der Waals surface area contributed by atoms with Gasteiger partial charge >= 0.3 is 0 Å². The van der Waals surface area contributed by atoms with Crippen molar-refractivity contribution in [1.82, 2.24) is 0 Å². The maximum atomic E-state index is 5.96. The van der Waals surface area contributed by atoms with Crippen molar-refractivity contribution < 1.29 is 0 Å². The summed E-state index contributed by atoms with van der Waals surface area (Å²) in [6, 6.07) is 9.40. The first-order valence-corrected chi connectivity index (χ1v) is 8.06. The Morgan fingerprint density at radius 2 is 1.42 bits per heavy atom. The minimum atomic E-state index is 0.160. The number of nitrogens with two attached hydrogens (primary N) is 1. The summed E-state index contributed by atoms with van der Waals surface area (Å²) < 4.78 is 0. The highest BCUT2D eigenvalue weighted by atomic mass is 14.6. The monoisotopic (exact) mass is 255 g/mol. The Bertz CT molecular complexity index is 431. The summed E-state index contributed by atoms with van der Waals surface area (Å²) >= 11 is 0. The Kier molecular flexibility index (Phi) is 2.73. The summed E-state index contributed by atoms with van der Waals surface area (Å²) in [6.07, 6.45) is 7.57. The van der Waals surface area contributed by atoms with Gasteiger partial charge in [0.1, 0.15) is 0 Å². The van der Waals surface area contributed by atoms with Crippen LogP contribution in [0.25, 0.3) is 0 Å². The van der Waals surface area contributed by atoms with Crippen molar-refractivity contribution in [1.29, 1.82) is 0 Å². The molecule has 0 spiro atoms. The number of rotatable bonds is 2. The third-order valence-electron chi connectivity index (χ3n) is 6.07. The lowest BCUT2D eigenvalue weighted by molar-refractivity contribution is -0.00278. The first-order valence-electron chi connectivity index (χ1n) is 8.06. The van der Waals surface area contributed by atoms with Crippen molar-refractivity contribution in [2.24, 2.45) is 29.4 Å². The predicted molar refractivity (Wildman–Crippen MR) is 78.8 cm³/mol. The highest BCUT2D eigenvalue weighted by molar-refractivity contribution is 5.29. The van der Waals surface area contributed by atoms with Gasteiger partial charge in [-0.25, -0.2) is 0 Å². The van der Waals surface area contributed by atoms with Crippen LogP contribution in [-0.2, 0) is 0 Å². The highest BCUT2D eigenvalue weighted by Gasteiger charge is 2.48. The fourth-order valence-electron chi connectivity index (χ4n) is 5.49. The lowest BCUT2D eigenvalue weighted by Crippen LogP contribution is -2.43. The summed E-state index contributed by atoms with van der Waals surface area (Å²) in [5, 5.41) is 0. The van der Waals surface area contributed by atoms with Gasteiger partial charge in [-0.2, -0.15) is 0 Å². The van der Waals surface area contributed by atoms with Gasteiger partial charge in [0.25, 0.3) is 0 Å². The minimum absolute atomic E-state index is 0.160. The van der Waals surface area contributed by atoms with Gasteiger partial charge in [0, 0.05) is 6.04 Å². The zero-order valence-electron chi connectivity index (χ0n) is 11.9. The van der Waals surface area contributed by atoms with E-state index in [1.807, 2.05) is 0 Å². The summed E-state index contributed by atoms with van der Waals surface area (Å²) in [6.45, 7) is 2.07. The van der Waals surface area contributed by atoms with Crippen LogP contribution in [0.15, 0.2) is 24.3 Å². The molecule has 5 rings (SSSR count). The molecule has 4 aliphatic carbocycles. The Morgan fingerprint density at radius 3 is 1.89 bits per heavy atom. The second kappa shape index (κ2) is 4.34. The van der Waals surface area contributed by atoms with Crippen molar-refractivity contribution in [2.45, 2.75) is 51.0 Å². The topological polar surface area (TPSA) is 26.0 Å². The van der Waals surface area contributed by atoms with Crippen LogP contribution in [0.2, 0.25) is 0 Å². The van der Waals surface area contributed by atoms with E-state index in [0.29, 0.717) is 0 Å². The Labute approximate surface area is 116 Å². The van der Waals surface area contributed by atoms with Gasteiger partial charge in [-0.05, 0) is 79.7 Å². The molecule has 1 unspecified atom stereocenters. The van der Waals surface area contributed by atoms with Crippen molar-refractivity contribution in [3.05, 3.63) is 35.4 Å². The van der Waals surface area contributed by atoms with Crippen molar-refractivity contribution in [3.8, 4) is 0 Å². The van der Waals surface area contributed by atoms with E-state index in [9.17, 15) is 0 Å². The normalized spacial score (nSPS) is 41.5. The number of hydrogen-bond acceptors (Lipinski definition) is 1.